The largest absolute Gasteiger partial charge is 0.374 e. The van der Waals surface area contributed by atoms with Crippen LogP contribution in [-0.4, -0.2) is 18.2 Å². The lowest BCUT2D eigenvalue weighted by molar-refractivity contribution is -0.0883. The van der Waals surface area contributed by atoms with Gasteiger partial charge in [-0.25, -0.2) is 4.39 Å². The summed E-state index contributed by atoms with van der Waals surface area (Å²) in [4.78, 5) is 0. The van der Waals surface area contributed by atoms with Crippen LogP contribution in [0.25, 0.3) is 0 Å². The molecule has 0 spiro atoms. The van der Waals surface area contributed by atoms with E-state index in [4.69, 9.17) is 10.5 Å². The Morgan fingerprint density at radius 3 is 2.71 bits per heavy atom. The number of hydrogen-bond donors (Lipinski definition) is 1. The standard InChI is InChI=1S/C17H25BrFNO/c1-3-21-17(9-7-12(2)8-10-17)15(20)11-13-5-4-6-14(19)16(13)18/h4-6,12,15H,3,7-11,20H2,1-2H3. The highest BCUT2D eigenvalue weighted by Gasteiger charge is 2.40. The van der Waals surface area contributed by atoms with E-state index in [1.165, 1.54) is 6.07 Å². The molecule has 0 saturated heterocycles. The zero-order chi connectivity index (χ0) is 15.5. The average molecular weight is 358 g/mol. The molecule has 0 heterocycles. The second kappa shape index (κ2) is 7.21. The molecule has 4 heteroatoms. The highest BCUT2D eigenvalue weighted by atomic mass is 79.9. The van der Waals surface area contributed by atoms with Gasteiger partial charge in [-0.15, -0.1) is 0 Å². The monoisotopic (exact) mass is 357 g/mol. The Labute approximate surface area is 135 Å². The average Bonchev–Trinajstić information content (AvgIpc) is 2.46. The van der Waals surface area contributed by atoms with E-state index in [0.717, 1.165) is 37.2 Å². The van der Waals surface area contributed by atoms with Crippen LogP contribution in [0, 0.1) is 11.7 Å². The molecule has 0 bridgehead atoms. The Kier molecular flexibility index (Phi) is 5.81. The van der Waals surface area contributed by atoms with Gasteiger partial charge in [0.2, 0.25) is 0 Å². The van der Waals surface area contributed by atoms with E-state index < -0.39 is 0 Å². The summed E-state index contributed by atoms with van der Waals surface area (Å²) >= 11 is 3.33. The molecule has 0 aromatic heterocycles. The number of hydrogen-bond acceptors (Lipinski definition) is 2. The van der Waals surface area contributed by atoms with E-state index in [1.807, 2.05) is 13.0 Å². The van der Waals surface area contributed by atoms with Gasteiger partial charge in [0.05, 0.1) is 10.1 Å². The van der Waals surface area contributed by atoms with Crippen molar-refractivity contribution in [1.29, 1.82) is 0 Å². The molecule has 2 N–H and O–H groups in total. The number of nitrogens with two attached hydrogens (primary N) is 1. The van der Waals surface area contributed by atoms with Crippen LogP contribution >= 0.6 is 15.9 Å². The molecule has 0 amide bonds. The minimum atomic E-state index is -0.257. The minimum absolute atomic E-state index is 0.108. The Morgan fingerprint density at radius 1 is 1.43 bits per heavy atom. The maximum absolute atomic E-state index is 13.6. The van der Waals surface area contributed by atoms with Crippen molar-refractivity contribution in [3.05, 3.63) is 34.1 Å². The van der Waals surface area contributed by atoms with Gasteiger partial charge in [0.25, 0.3) is 0 Å². The molecular formula is C17H25BrFNO. The first-order chi connectivity index (χ1) is 9.98. The summed E-state index contributed by atoms with van der Waals surface area (Å²) < 4.78 is 20.3. The predicted octanol–water partition coefficient (Wildman–Crippen LogP) is 4.44. The van der Waals surface area contributed by atoms with Gasteiger partial charge in [-0.2, -0.15) is 0 Å². The molecule has 2 nitrogen and oxygen atoms in total. The summed E-state index contributed by atoms with van der Waals surface area (Å²) in [5.41, 5.74) is 7.16. The molecule has 1 unspecified atom stereocenters. The second-order valence-corrected chi connectivity index (χ2v) is 7.00. The van der Waals surface area contributed by atoms with Gasteiger partial charge in [-0.05, 0) is 72.5 Å². The van der Waals surface area contributed by atoms with Crippen molar-refractivity contribution in [1.82, 2.24) is 0 Å². The minimum Gasteiger partial charge on any atom is -0.374 e. The summed E-state index contributed by atoms with van der Waals surface area (Å²) in [7, 11) is 0. The maximum atomic E-state index is 13.6. The lowest BCUT2D eigenvalue weighted by atomic mass is 9.74. The number of ether oxygens (including phenoxy) is 1. The molecular weight excluding hydrogens is 333 g/mol. The van der Waals surface area contributed by atoms with E-state index in [0.29, 0.717) is 17.5 Å². The van der Waals surface area contributed by atoms with E-state index in [-0.39, 0.29) is 17.5 Å². The fourth-order valence-corrected chi connectivity index (χ4v) is 3.72. The third-order valence-electron chi connectivity index (χ3n) is 4.70. The van der Waals surface area contributed by atoms with Crippen LogP contribution in [0.2, 0.25) is 0 Å². The molecule has 0 radical (unpaired) electrons. The predicted molar refractivity (Wildman–Crippen MR) is 87.8 cm³/mol. The SMILES string of the molecule is CCOC1(C(N)Cc2cccc(F)c2Br)CCC(C)CC1. The molecule has 1 atom stereocenters. The lowest BCUT2D eigenvalue weighted by Gasteiger charge is -2.43. The van der Waals surface area contributed by atoms with Gasteiger partial charge < -0.3 is 10.5 Å². The van der Waals surface area contributed by atoms with Crippen molar-refractivity contribution in [2.75, 3.05) is 6.61 Å². The van der Waals surface area contributed by atoms with Crippen LogP contribution in [0.3, 0.4) is 0 Å². The molecule has 118 valence electrons. The molecule has 1 saturated carbocycles. The van der Waals surface area contributed by atoms with Gasteiger partial charge in [0.15, 0.2) is 0 Å². The fraction of sp³-hybridized carbons (Fsp3) is 0.647. The summed E-state index contributed by atoms with van der Waals surface area (Å²) in [5.74, 6) is 0.508. The van der Waals surface area contributed by atoms with Gasteiger partial charge in [0.1, 0.15) is 5.82 Å². The molecule has 1 aromatic carbocycles. The molecule has 1 aromatic rings. The Hall–Kier alpha value is -0.450. The fourth-order valence-electron chi connectivity index (χ4n) is 3.29. The first-order valence-electron chi connectivity index (χ1n) is 7.81. The van der Waals surface area contributed by atoms with Crippen molar-refractivity contribution in [3.8, 4) is 0 Å². The third-order valence-corrected chi connectivity index (χ3v) is 5.59. The van der Waals surface area contributed by atoms with E-state index in [2.05, 4.69) is 22.9 Å². The van der Waals surface area contributed by atoms with Crippen LogP contribution in [0.4, 0.5) is 4.39 Å². The van der Waals surface area contributed by atoms with Crippen LogP contribution in [0.1, 0.15) is 45.1 Å². The normalized spacial score (nSPS) is 27.6. The van der Waals surface area contributed by atoms with Gasteiger partial charge in [-0.1, -0.05) is 19.1 Å². The van der Waals surface area contributed by atoms with Crippen LogP contribution < -0.4 is 5.73 Å². The number of benzene rings is 1. The zero-order valence-corrected chi connectivity index (χ0v) is 14.5. The van der Waals surface area contributed by atoms with Gasteiger partial charge in [-0.3, -0.25) is 0 Å². The van der Waals surface area contributed by atoms with Crippen molar-refractivity contribution in [2.45, 2.75) is 57.6 Å². The number of halogens is 2. The van der Waals surface area contributed by atoms with E-state index in [9.17, 15) is 4.39 Å². The van der Waals surface area contributed by atoms with Crippen molar-refractivity contribution < 1.29 is 9.13 Å². The highest BCUT2D eigenvalue weighted by Crippen LogP contribution is 2.38. The summed E-state index contributed by atoms with van der Waals surface area (Å²) in [6, 6.07) is 5.01. The van der Waals surface area contributed by atoms with Gasteiger partial charge >= 0.3 is 0 Å². The molecule has 1 aliphatic carbocycles. The second-order valence-electron chi connectivity index (χ2n) is 6.20. The first kappa shape index (κ1) is 16.9. The topological polar surface area (TPSA) is 35.2 Å². The molecule has 0 aliphatic heterocycles. The van der Waals surface area contributed by atoms with Gasteiger partial charge in [0, 0.05) is 12.6 Å². The van der Waals surface area contributed by atoms with Crippen LogP contribution in [0.15, 0.2) is 22.7 Å². The van der Waals surface area contributed by atoms with E-state index >= 15 is 0 Å². The zero-order valence-electron chi connectivity index (χ0n) is 12.9. The summed E-state index contributed by atoms with van der Waals surface area (Å²) in [5, 5.41) is 0. The summed E-state index contributed by atoms with van der Waals surface area (Å²) in [6.07, 6.45) is 4.93. The Balaban J connectivity index is 2.15. The highest BCUT2D eigenvalue weighted by molar-refractivity contribution is 9.10. The molecule has 21 heavy (non-hydrogen) atoms. The number of rotatable bonds is 5. The van der Waals surface area contributed by atoms with Crippen LogP contribution in [-0.2, 0) is 11.2 Å². The molecule has 2 rings (SSSR count). The smallest absolute Gasteiger partial charge is 0.137 e. The van der Waals surface area contributed by atoms with Crippen molar-refractivity contribution in [2.24, 2.45) is 11.7 Å². The Bertz CT molecular complexity index is 472. The van der Waals surface area contributed by atoms with Crippen molar-refractivity contribution >= 4 is 15.9 Å². The Morgan fingerprint density at radius 2 is 2.10 bits per heavy atom. The molecule has 1 aliphatic rings. The summed E-state index contributed by atoms with van der Waals surface area (Å²) in [6.45, 7) is 4.97. The lowest BCUT2D eigenvalue weighted by Crippen LogP contribution is -2.53. The molecule has 1 fully saturated rings. The van der Waals surface area contributed by atoms with Crippen LogP contribution in [0.5, 0.6) is 0 Å². The quantitative estimate of drug-likeness (QED) is 0.844. The maximum Gasteiger partial charge on any atom is 0.137 e. The van der Waals surface area contributed by atoms with Crippen molar-refractivity contribution in [3.63, 3.8) is 0 Å². The first-order valence-corrected chi connectivity index (χ1v) is 8.60. The third kappa shape index (κ3) is 3.85. The van der Waals surface area contributed by atoms with E-state index in [1.54, 1.807) is 6.07 Å².